The second kappa shape index (κ2) is 5.56. The molecule has 0 aromatic carbocycles. The third kappa shape index (κ3) is 2.59. The number of aryl methyl sites for hydroxylation is 1. The van der Waals surface area contributed by atoms with Crippen LogP contribution in [-0.2, 0) is 6.42 Å². The van der Waals surface area contributed by atoms with Crippen molar-refractivity contribution < 1.29 is 0 Å². The van der Waals surface area contributed by atoms with Gasteiger partial charge in [0.05, 0.1) is 0 Å². The highest BCUT2D eigenvalue weighted by Crippen LogP contribution is 2.30. The number of nitrogens with zero attached hydrogens (tertiary/aromatic N) is 4. The topological polar surface area (TPSA) is 58.3 Å². The Hall–Kier alpha value is -1.36. The predicted octanol–water partition coefficient (Wildman–Crippen LogP) is 1.68. The van der Waals surface area contributed by atoms with E-state index in [0.29, 0.717) is 11.9 Å². The lowest BCUT2D eigenvalue weighted by atomic mass is 10.1. The molecule has 2 N–H and O–H groups in total. The highest BCUT2D eigenvalue weighted by atomic mass is 15.3. The summed E-state index contributed by atoms with van der Waals surface area (Å²) >= 11 is 0. The summed E-state index contributed by atoms with van der Waals surface area (Å²) in [5.74, 6) is 2.49. The summed E-state index contributed by atoms with van der Waals surface area (Å²) < 4.78 is 0. The highest BCUT2D eigenvalue weighted by molar-refractivity contribution is 5.47. The summed E-state index contributed by atoms with van der Waals surface area (Å²) in [5.41, 5.74) is 5.95. The van der Waals surface area contributed by atoms with Gasteiger partial charge < -0.3 is 10.6 Å². The number of hydrogen-bond donors (Lipinski definition) is 1. The minimum Gasteiger partial charge on any atom is -0.384 e. The number of fused-ring (bicyclic) bond motifs is 2. The molecule has 2 saturated heterocycles. The van der Waals surface area contributed by atoms with Crippen LogP contribution in [0.5, 0.6) is 0 Å². The van der Waals surface area contributed by atoms with E-state index in [9.17, 15) is 0 Å². The van der Waals surface area contributed by atoms with Crippen LogP contribution in [0.1, 0.15) is 38.4 Å². The van der Waals surface area contributed by atoms with Gasteiger partial charge in [0.15, 0.2) is 0 Å². The van der Waals surface area contributed by atoms with E-state index in [1.165, 1.54) is 19.3 Å². The van der Waals surface area contributed by atoms with Crippen LogP contribution in [-0.4, -0.2) is 47.1 Å². The van der Waals surface area contributed by atoms with Crippen molar-refractivity contribution in [3.8, 4) is 0 Å². The predicted molar refractivity (Wildman–Crippen MR) is 81.8 cm³/mol. The lowest BCUT2D eigenvalue weighted by molar-refractivity contribution is 0.254. The molecular weight excluding hydrogens is 250 g/mol. The van der Waals surface area contributed by atoms with Crippen LogP contribution in [0, 0.1) is 0 Å². The van der Waals surface area contributed by atoms with Gasteiger partial charge in [-0.15, -0.1) is 0 Å². The Kier molecular flexibility index (Phi) is 3.78. The van der Waals surface area contributed by atoms with Crippen LogP contribution in [0.15, 0.2) is 6.07 Å². The van der Waals surface area contributed by atoms with Crippen LogP contribution >= 0.6 is 0 Å². The molecule has 3 rings (SSSR count). The summed E-state index contributed by atoms with van der Waals surface area (Å²) in [4.78, 5) is 14.0. The quantitative estimate of drug-likeness (QED) is 0.909. The Morgan fingerprint density at radius 2 is 2.05 bits per heavy atom. The van der Waals surface area contributed by atoms with Gasteiger partial charge in [0.25, 0.3) is 0 Å². The summed E-state index contributed by atoms with van der Waals surface area (Å²) in [6.07, 6.45) is 5.83. The zero-order valence-corrected chi connectivity index (χ0v) is 12.5. The van der Waals surface area contributed by atoms with Gasteiger partial charge in [-0.05, 0) is 32.7 Å². The largest absolute Gasteiger partial charge is 0.384 e. The molecular formula is C15H25N5. The van der Waals surface area contributed by atoms with E-state index in [0.717, 1.165) is 43.6 Å². The monoisotopic (exact) mass is 275 g/mol. The van der Waals surface area contributed by atoms with Crippen LogP contribution in [0.3, 0.4) is 0 Å². The van der Waals surface area contributed by atoms with Gasteiger partial charge in [-0.1, -0.05) is 6.92 Å². The Balaban J connectivity index is 1.82. The first-order chi connectivity index (χ1) is 9.67. The molecule has 5 nitrogen and oxygen atoms in total. The molecule has 2 bridgehead atoms. The average Bonchev–Trinajstić information content (AvgIpc) is 2.62. The van der Waals surface area contributed by atoms with E-state index < -0.39 is 0 Å². The van der Waals surface area contributed by atoms with E-state index in [1.807, 2.05) is 6.07 Å². The number of rotatable bonds is 3. The number of likely N-dealkylation sites (N-methyl/N-ethyl adjacent to an activating group) is 1. The van der Waals surface area contributed by atoms with Crippen molar-refractivity contribution in [3.63, 3.8) is 0 Å². The fourth-order valence-electron chi connectivity index (χ4n) is 3.52. The fraction of sp³-hybridized carbons (Fsp3) is 0.733. The van der Waals surface area contributed by atoms with Gasteiger partial charge >= 0.3 is 0 Å². The van der Waals surface area contributed by atoms with Gasteiger partial charge in [0.1, 0.15) is 17.5 Å². The Morgan fingerprint density at radius 3 is 2.85 bits per heavy atom. The minimum atomic E-state index is 0.598. The van der Waals surface area contributed by atoms with Crippen molar-refractivity contribution >= 4 is 11.6 Å². The molecule has 2 aliphatic heterocycles. The summed E-state index contributed by atoms with van der Waals surface area (Å²) in [5, 5.41) is 0. The van der Waals surface area contributed by atoms with Gasteiger partial charge in [0.2, 0.25) is 0 Å². The van der Waals surface area contributed by atoms with Gasteiger partial charge in [-0.3, -0.25) is 4.90 Å². The van der Waals surface area contributed by atoms with Crippen molar-refractivity contribution in [2.24, 2.45) is 0 Å². The molecule has 2 aliphatic rings. The average molecular weight is 275 g/mol. The smallest absolute Gasteiger partial charge is 0.134 e. The molecule has 3 heterocycles. The summed E-state index contributed by atoms with van der Waals surface area (Å²) in [6, 6.07) is 3.34. The number of aromatic nitrogens is 2. The number of anilines is 2. The molecule has 20 heavy (non-hydrogen) atoms. The Labute approximate surface area is 121 Å². The molecule has 1 aromatic rings. The van der Waals surface area contributed by atoms with E-state index in [4.69, 9.17) is 10.7 Å². The first kappa shape index (κ1) is 13.6. The van der Waals surface area contributed by atoms with Gasteiger partial charge in [0, 0.05) is 37.7 Å². The molecule has 5 heteroatoms. The lowest BCUT2D eigenvalue weighted by Gasteiger charge is -2.27. The molecule has 1 aromatic heterocycles. The van der Waals surface area contributed by atoms with E-state index >= 15 is 0 Å². The van der Waals surface area contributed by atoms with Crippen molar-refractivity contribution in [2.75, 3.05) is 30.8 Å². The highest BCUT2D eigenvalue weighted by Gasteiger charge is 2.35. The third-order valence-electron chi connectivity index (χ3n) is 4.72. The van der Waals surface area contributed by atoms with Gasteiger partial charge in [-0.2, -0.15) is 0 Å². The molecule has 0 aliphatic carbocycles. The first-order valence-corrected chi connectivity index (χ1v) is 7.77. The molecule has 2 atom stereocenters. The summed E-state index contributed by atoms with van der Waals surface area (Å²) in [6.45, 7) is 4.29. The molecule has 110 valence electrons. The van der Waals surface area contributed by atoms with E-state index in [-0.39, 0.29) is 0 Å². The van der Waals surface area contributed by atoms with E-state index in [2.05, 4.69) is 28.8 Å². The van der Waals surface area contributed by atoms with E-state index in [1.54, 1.807) is 0 Å². The van der Waals surface area contributed by atoms with Gasteiger partial charge in [-0.25, -0.2) is 9.97 Å². The fourth-order valence-corrected chi connectivity index (χ4v) is 3.52. The molecule has 0 radical (unpaired) electrons. The van der Waals surface area contributed by atoms with Crippen molar-refractivity contribution in [2.45, 2.75) is 51.1 Å². The van der Waals surface area contributed by atoms with Crippen molar-refractivity contribution in [1.82, 2.24) is 14.9 Å². The number of hydrogen-bond acceptors (Lipinski definition) is 5. The van der Waals surface area contributed by atoms with Crippen LogP contribution in [0.2, 0.25) is 0 Å². The SMILES string of the molecule is CCCc1nc(N)cc(N2CCC3CCC(C2)N3C)n1. The maximum atomic E-state index is 5.95. The maximum absolute atomic E-state index is 5.95. The standard InChI is InChI=1S/C15H25N5/c1-3-4-14-17-13(16)9-15(18-14)20-8-7-11-5-6-12(10-20)19(11)2/h9,11-12H,3-8,10H2,1-2H3,(H2,16,17,18). The van der Waals surface area contributed by atoms with Crippen LogP contribution in [0.25, 0.3) is 0 Å². The second-order valence-corrected chi connectivity index (χ2v) is 6.10. The lowest BCUT2D eigenvalue weighted by Crippen LogP contribution is -2.37. The molecule has 2 fully saturated rings. The van der Waals surface area contributed by atoms with Crippen molar-refractivity contribution in [1.29, 1.82) is 0 Å². The molecule has 0 saturated carbocycles. The normalized spacial score (nSPS) is 26.8. The summed E-state index contributed by atoms with van der Waals surface area (Å²) in [7, 11) is 2.27. The zero-order chi connectivity index (χ0) is 14.1. The molecule has 2 unspecified atom stereocenters. The minimum absolute atomic E-state index is 0.598. The molecule has 0 amide bonds. The number of nitrogen functional groups attached to an aromatic ring is 1. The van der Waals surface area contributed by atoms with Crippen molar-refractivity contribution in [3.05, 3.63) is 11.9 Å². The maximum Gasteiger partial charge on any atom is 0.134 e. The Morgan fingerprint density at radius 1 is 1.25 bits per heavy atom. The van der Waals surface area contributed by atoms with Crippen LogP contribution < -0.4 is 10.6 Å². The third-order valence-corrected chi connectivity index (χ3v) is 4.72. The molecule has 0 spiro atoms. The number of nitrogens with two attached hydrogens (primary N) is 1. The van der Waals surface area contributed by atoms with Crippen LogP contribution in [0.4, 0.5) is 11.6 Å². The second-order valence-electron chi connectivity index (χ2n) is 6.10. The zero-order valence-electron chi connectivity index (χ0n) is 12.5. The first-order valence-electron chi connectivity index (χ1n) is 7.77. The Bertz CT molecular complexity index is 475.